The van der Waals surface area contributed by atoms with E-state index in [0.29, 0.717) is 13.0 Å². The zero-order chi connectivity index (χ0) is 14.5. The van der Waals surface area contributed by atoms with Gasteiger partial charge in [-0.2, -0.15) is 0 Å². The van der Waals surface area contributed by atoms with E-state index >= 15 is 0 Å². The first-order valence-corrected chi connectivity index (χ1v) is 6.98. The lowest BCUT2D eigenvalue weighted by atomic mass is 10.2. The zero-order valence-corrected chi connectivity index (χ0v) is 12.4. The fourth-order valence-corrected chi connectivity index (χ4v) is 2.64. The van der Waals surface area contributed by atoms with Crippen LogP contribution in [0.4, 0.5) is 4.39 Å². The first-order valence-electron chi connectivity index (χ1n) is 5.50. The first-order chi connectivity index (χ1) is 8.92. The molecule has 0 aliphatic rings. The Labute approximate surface area is 123 Å². The number of carbonyl (C=O) groups is 1. The number of esters is 1. The van der Waals surface area contributed by atoms with Crippen LogP contribution in [0.5, 0.6) is 0 Å². The van der Waals surface area contributed by atoms with E-state index in [0.717, 1.165) is 25.3 Å². The maximum absolute atomic E-state index is 13.1. The van der Waals surface area contributed by atoms with Gasteiger partial charge < -0.3 is 10.5 Å². The van der Waals surface area contributed by atoms with Crippen molar-refractivity contribution in [3.8, 4) is 0 Å². The van der Waals surface area contributed by atoms with Crippen molar-refractivity contribution in [3.05, 3.63) is 29.6 Å². The van der Waals surface area contributed by atoms with Crippen LogP contribution in [-0.4, -0.2) is 34.6 Å². The molecule has 0 radical (unpaired) electrons. The summed E-state index contributed by atoms with van der Waals surface area (Å²) in [7, 11) is -2.82. The molecule has 0 aromatic heterocycles. The van der Waals surface area contributed by atoms with Gasteiger partial charge in [0, 0.05) is 6.54 Å². The molecule has 3 N–H and O–H groups in total. The summed E-state index contributed by atoms with van der Waals surface area (Å²) in [6.07, 6.45) is 0.452. The molecule has 1 rings (SSSR count). The summed E-state index contributed by atoms with van der Waals surface area (Å²) >= 11 is 0. The average Bonchev–Trinajstić information content (AvgIpc) is 2.37. The first kappa shape index (κ1) is 18.8. The van der Waals surface area contributed by atoms with Gasteiger partial charge in [0.25, 0.3) is 0 Å². The van der Waals surface area contributed by atoms with Crippen molar-refractivity contribution in [2.24, 2.45) is 5.73 Å². The molecule has 0 aliphatic carbocycles. The zero-order valence-electron chi connectivity index (χ0n) is 10.8. The van der Waals surface area contributed by atoms with E-state index in [1.165, 1.54) is 0 Å². The summed E-state index contributed by atoms with van der Waals surface area (Å²) in [5, 5.41) is 0. The van der Waals surface area contributed by atoms with E-state index < -0.39 is 21.8 Å². The molecule has 0 spiro atoms. The van der Waals surface area contributed by atoms with Crippen molar-refractivity contribution >= 4 is 28.4 Å². The third-order valence-corrected chi connectivity index (χ3v) is 3.83. The SMILES string of the molecule is COC(=O)c1cc(F)ccc1S(=O)(=O)NCCCN.Cl. The topological polar surface area (TPSA) is 98.5 Å². The molecule has 6 nitrogen and oxygen atoms in total. The van der Waals surface area contributed by atoms with Crippen LogP contribution in [-0.2, 0) is 14.8 Å². The summed E-state index contributed by atoms with van der Waals surface area (Å²) in [4.78, 5) is 11.1. The minimum Gasteiger partial charge on any atom is -0.465 e. The number of halogens is 2. The Morgan fingerprint density at radius 1 is 1.45 bits per heavy atom. The van der Waals surface area contributed by atoms with Crippen LogP contribution in [0, 0.1) is 5.82 Å². The van der Waals surface area contributed by atoms with Gasteiger partial charge in [0.15, 0.2) is 0 Å². The van der Waals surface area contributed by atoms with Gasteiger partial charge in [-0.3, -0.25) is 0 Å². The lowest BCUT2D eigenvalue weighted by Crippen LogP contribution is -2.28. The van der Waals surface area contributed by atoms with Crippen LogP contribution in [0.3, 0.4) is 0 Å². The van der Waals surface area contributed by atoms with Gasteiger partial charge in [0.2, 0.25) is 10.0 Å². The number of ether oxygens (including phenoxy) is 1. The quantitative estimate of drug-likeness (QED) is 0.591. The highest BCUT2D eigenvalue weighted by Gasteiger charge is 2.23. The smallest absolute Gasteiger partial charge is 0.339 e. The van der Waals surface area contributed by atoms with Crippen LogP contribution in [0.15, 0.2) is 23.1 Å². The molecule has 0 aliphatic heterocycles. The highest BCUT2D eigenvalue weighted by Crippen LogP contribution is 2.18. The molecule has 0 atom stereocenters. The highest BCUT2D eigenvalue weighted by molar-refractivity contribution is 7.89. The number of benzene rings is 1. The second-order valence-electron chi connectivity index (χ2n) is 3.67. The Balaban J connectivity index is 0.00000361. The fourth-order valence-electron chi connectivity index (χ4n) is 1.39. The number of sulfonamides is 1. The molecule has 0 saturated heterocycles. The van der Waals surface area contributed by atoms with Gasteiger partial charge in [-0.25, -0.2) is 22.3 Å². The summed E-state index contributed by atoms with van der Waals surface area (Å²) in [6.45, 7) is 0.465. The normalized spacial score (nSPS) is 10.8. The second-order valence-corrected chi connectivity index (χ2v) is 5.41. The maximum atomic E-state index is 13.1. The Morgan fingerprint density at radius 3 is 2.65 bits per heavy atom. The van der Waals surface area contributed by atoms with E-state index in [1.54, 1.807) is 0 Å². The molecule has 1 aromatic carbocycles. The summed E-state index contributed by atoms with van der Waals surface area (Å²) in [5.41, 5.74) is 4.91. The standard InChI is InChI=1S/C11H15FN2O4S.ClH/c1-18-11(15)9-7-8(12)3-4-10(9)19(16,17)14-6-2-5-13;/h3-4,7,14H,2,5-6,13H2,1H3;1H. The molecule has 0 saturated carbocycles. The van der Waals surface area contributed by atoms with E-state index in [2.05, 4.69) is 9.46 Å². The van der Waals surface area contributed by atoms with Gasteiger partial charge >= 0.3 is 5.97 Å². The van der Waals surface area contributed by atoms with Crippen molar-refractivity contribution in [1.82, 2.24) is 4.72 Å². The summed E-state index contributed by atoms with van der Waals surface area (Å²) < 4.78 is 43.8. The molecule has 114 valence electrons. The number of carbonyl (C=O) groups excluding carboxylic acids is 1. The lowest BCUT2D eigenvalue weighted by molar-refractivity contribution is 0.0595. The molecule has 0 unspecified atom stereocenters. The van der Waals surface area contributed by atoms with E-state index in [4.69, 9.17) is 5.73 Å². The van der Waals surface area contributed by atoms with Crippen molar-refractivity contribution < 1.29 is 22.3 Å². The number of hydrogen-bond acceptors (Lipinski definition) is 5. The third kappa shape index (κ3) is 4.71. The minimum atomic E-state index is -3.91. The van der Waals surface area contributed by atoms with Crippen molar-refractivity contribution in [3.63, 3.8) is 0 Å². The van der Waals surface area contributed by atoms with Crippen molar-refractivity contribution in [2.75, 3.05) is 20.2 Å². The molecule has 0 bridgehead atoms. The third-order valence-electron chi connectivity index (χ3n) is 2.31. The van der Waals surface area contributed by atoms with Crippen LogP contribution < -0.4 is 10.5 Å². The van der Waals surface area contributed by atoms with E-state index in [-0.39, 0.29) is 29.4 Å². The van der Waals surface area contributed by atoms with Gasteiger partial charge in [-0.15, -0.1) is 12.4 Å². The predicted molar refractivity (Wildman–Crippen MR) is 73.8 cm³/mol. The number of rotatable bonds is 6. The molecule has 1 aromatic rings. The Kier molecular flexibility index (Phi) is 7.66. The molecule has 9 heteroatoms. The number of methoxy groups -OCH3 is 1. The molecule has 20 heavy (non-hydrogen) atoms. The monoisotopic (exact) mass is 326 g/mol. The molecule has 0 fully saturated rings. The summed E-state index contributed by atoms with van der Waals surface area (Å²) in [5.74, 6) is -1.64. The van der Waals surface area contributed by atoms with Crippen LogP contribution in [0.2, 0.25) is 0 Å². The second kappa shape index (κ2) is 8.15. The summed E-state index contributed by atoms with van der Waals surface area (Å²) in [6, 6.07) is 2.81. The number of hydrogen-bond donors (Lipinski definition) is 2. The van der Waals surface area contributed by atoms with Crippen LogP contribution >= 0.6 is 12.4 Å². The minimum absolute atomic E-state index is 0. The van der Waals surface area contributed by atoms with E-state index in [9.17, 15) is 17.6 Å². The van der Waals surface area contributed by atoms with Gasteiger partial charge in [0.05, 0.1) is 17.6 Å². The Bertz CT molecular complexity index is 566. The molecular weight excluding hydrogens is 311 g/mol. The molecule has 0 heterocycles. The van der Waals surface area contributed by atoms with Gasteiger partial charge in [0.1, 0.15) is 5.82 Å². The predicted octanol–water partition coefficient (Wildman–Crippen LogP) is 0.661. The Hall–Kier alpha value is -1.22. The van der Waals surface area contributed by atoms with Gasteiger partial charge in [-0.1, -0.05) is 0 Å². The van der Waals surface area contributed by atoms with Gasteiger partial charge in [-0.05, 0) is 31.2 Å². The molecule has 0 amide bonds. The largest absolute Gasteiger partial charge is 0.465 e. The van der Waals surface area contributed by atoms with Crippen molar-refractivity contribution in [1.29, 1.82) is 0 Å². The highest BCUT2D eigenvalue weighted by atomic mass is 35.5. The number of nitrogens with one attached hydrogen (secondary N) is 1. The lowest BCUT2D eigenvalue weighted by Gasteiger charge is -2.10. The maximum Gasteiger partial charge on any atom is 0.339 e. The van der Waals surface area contributed by atoms with Crippen LogP contribution in [0.1, 0.15) is 16.8 Å². The van der Waals surface area contributed by atoms with E-state index in [1.807, 2.05) is 0 Å². The Morgan fingerprint density at radius 2 is 2.10 bits per heavy atom. The average molecular weight is 327 g/mol. The molecular formula is C11H16ClFN2O4S. The number of nitrogens with two attached hydrogens (primary N) is 1. The van der Waals surface area contributed by atoms with Crippen LogP contribution in [0.25, 0.3) is 0 Å². The fraction of sp³-hybridized carbons (Fsp3) is 0.364. The van der Waals surface area contributed by atoms with Crippen molar-refractivity contribution in [2.45, 2.75) is 11.3 Å².